The molecule has 1 unspecified atom stereocenters. The van der Waals surface area contributed by atoms with Crippen LogP contribution >= 0.6 is 0 Å². The molecule has 28 heavy (non-hydrogen) atoms. The summed E-state index contributed by atoms with van der Waals surface area (Å²) in [6.45, 7) is 1.95. The van der Waals surface area contributed by atoms with Gasteiger partial charge in [-0.25, -0.2) is 13.1 Å². The molecule has 0 fully saturated rings. The zero-order valence-corrected chi connectivity index (χ0v) is 16.0. The first-order chi connectivity index (χ1) is 13.3. The molecule has 0 radical (unpaired) electrons. The molecule has 0 saturated carbocycles. The van der Waals surface area contributed by atoms with E-state index >= 15 is 0 Å². The molecule has 1 atom stereocenters. The summed E-state index contributed by atoms with van der Waals surface area (Å²) in [6, 6.07) is 4.37. The fourth-order valence-electron chi connectivity index (χ4n) is 3.23. The Labute approximate surface area is 161 Å². The van der Waals surface area contributed by atoms with Gasteiger partial charge in [-0.1, -0.05) is 6.07 Å². The van der Waals surface area contributed by atoms with Crippen LogP contribution in [0.15, 0.2) is 35.4 Å². The standard InChI is InChI=1S/C17H20N4O6S/c1-2-27-17(22)11-20-16-8-4-7-15(14(16)10-18-20)19-28(25,26)13-6-3-5-12(9-13)21(23)24/h3,5-6,9-10,15,19H,2,4,7-8,11H2,1H3. The fourth-order valence-corrected chi connectivity index (χ4v) is 4.51. The number of non-ortho nitro benzene ring substituents is 1. The van der Waals surface area contributed by atoms with Crippen LogP contribution in [0, 0.1) is 10.1 Å². The van der Waals surface area contributed by atoms with Gasteiger partial charge in [-0.05, 0) is 32.3 Å². The van der Waals surface area contributed by atoms with Gasteiger partial charge in [0.2, 0.25) is 10.0 Å². The summed E-state index contributed by atoms with van der Waals surface area (Å²) in [5, 5.41) is 15.1. The molecule has 1 aliphatic carbocycles. The Kier molecular flexibility index (Phi) is 5.75. The molecule has 10 nitrogen and oxygen atoms in total. The lowest BCUT2D eigenvalue weighted by Crippen LogP contribution is -2.31. The number of rotatable bonds is 7. The number of nitro groups is 1. The van der Waals surface area contributed by atoms with Gasteiger partial charge in [0.05, 0.1) is 28.7 Å². The minimum absolute atomic E-state index is 0.0342. The van der Waals surface area contributed by atoms with E-state index in [1.54, 1.807) is 13.1 Å². The minimum Gasteiger partial charge on any atom is -0.465 e. The van der Waals surface area contributed by atoms with Crippen molar-refractivity contribution in [1.82, 2.24) is 14.5 Å². The van der Waals surface area contributed by atoms with Crippen LogP contribution in [0.2, 0.25) is 0 Å². The largest absolute Gasteiger partial charge is 0.465 e. The molecule has 11 heteroatoms. The molecule has 150 valence electrons. The molecule has 0 aliphatic heterocycles. The lowest BCUT2D eigenvalue weighted by atomic mass is 9.94. The van der Waals surface area contributed by atoms with E-state index in [9.17, 15) is 23.3 Å². The number of benzene rings is 1. The third-order valence-corrected chi connectivity index (χ3v) is 5.95. The number of carbonyl (C=O) groups is 1. The number of ether oxygens (including phenoxy) is 1. The van der Waals surface area contributed by atoms with E-state index in [1.807, 2.05) is 0 Å². The molecular weight excluding hydrogens is 388 g/mol. The zero-order valence-electron chi connectivity index (χ0n) is 15.2. The van der Waals surface area contributed by atoms with Crippen molar-refractivity contribution in [2.24, 2.45) is 0 Å². The van der Waals surface area contributed by atoms with Crippen molar-refractivity contribution in [1.29, 1.82) is 0 Å². The number of hydrogen-bond donors (Lipinski definition) is 1. The van der Waals surface area contributed by atoms with E-state index < -0.39 is 27.0 Å². The Morgan fingerprint density at radius 3 is 2.96 bits per heavy atom. The fraction of sp³-hybridized carbons (Fsp3) is 0.412. The third kappa shape index (κ3) is 4.20. The number of fused-ring (bicyclic) bond motifs is 1. The van der Waals surface area contributed by atoms with Crippen LogP contribution < -0.4 is 4.72 Å². The Morgan fingerprint density at radius 1 is 1.46 bits per heavy atom. The van der Waals surface area contributed by atoms with E-state index in [1.165, 1.54) is 22.9 Å². The number of esters is 1. The molecule has 1 aromatic carbocycles. The Morgan fingerprint density at radius 2 is 2.25 bits per heavy atom. The van der Waals surface area contributed by atoms with Crippen molar-refractivity contribution >= 4 is 21.7 Å². The van der Waals surface area contributed by atoms with Crippen LogP contribution in [0.25, 0.3) is 0 Å². The van der Waals surface area contributed by atoms with Crippen molar-refractivity contribution in [3.8, 4) is 0 Å². The molecule has 1 N–H and O–H groups in total. The average Bonchev–Trinajstić information content (AvgIpc) is 3.06. The normalized spacial score (nSPS) is 16.4. The van der Waals surface area contributed by atoms with Gasteiger partial charge in [0.1, 0.15) is 6.54 Å². The summed E-state index contributed by atoms with van der Waals surface area (Å²) >= 11 is 0. The van der Waals surface area contributed by atoms with Crippen LogP contribution in [0.1, 0.15) is 37.1 Å². The maximum absolute atomic E-state index is 12.7. The van der Waals surface area contributed by atoms with Crippen molar-refractivity contribution < 1.29 is 22.9 Å². The summed E-state index contributed by atoms with van der Waals surface area (Å²) in [4.78, 5) is 21.8. The van der Waals surface area contributed by atoms with Gasteiger partial charge < -0.3 is 4.74 Å². The van der Waals surface area contributed by atoms with Gasteiger partial charge in [-0.3, -0.25) is 19.6 Å². The van der Waals surface area contributed by atoms with E-state index in [0.717, 1.165) is 11.8 Å². The van der Waals surface area contributed by atoms with E-state index in [-0.39, 0.29) is 23.7 Å². The van der Waals surface area contributed by atoms with Crippen LogP contribution in [-0.4, -0.2) is 35.7 Å². The summed E-state index contributed by atoms with van der Waals surface area (Å²) in [5.74, 6) is -0.410. The highest BCUT2D eigenvalue weighted by Crippen LogP contribution is 2.31. The zero-order chi connectivity index (χ0) is 20.3. The molecule has 0 saturated heterocycles. The number of aromatic nitrogens is 2. The predicted octanol–water partition coefficient (Wildman–Crippen LogP) is 1.71. The highest BCUT2D eigenvalue weighted by Gasteiger charge is 2.29. The van der Waals surface area contributed by atoms with Gasteiger partial charge in [-0.15, -0.1) is 0 Å². The topological polar surface area (TPSA) is 133 Å². The van der Waals surface area contributed by atoms with Crippen LogP contribution in [0.3, 0.4) is 0 Å². The predicted molar refractivity (Wildman–Crippen MR) is 98.0 cm³/mol. The average molecular weight is 408 g/mol. The summed E-state index contributed by atoms with van der Waals surface area (Å²) in [7, 11) is -3.96. The number of sulfonamides is 1. The van der Waals surface area contributed by atoms with Crippen LogP contribution in [0.5, 0.6) is 0 Å². The number of hydrogen-bond acceptors (Lipinski definition) is 7. The monoisotopic (exact) mass is 408 g/mol. The Bertz CT molecular complexity index is 1000. The molecule has 0 spiro atoms. The van der Waals surface area contributed by atoms with Gasteiger partial charge in [0.15, 0.2) is 0 Å². The van der Waals surface area contributed by atoms with Crippen LogP contribution in [0.4, 0.5) is 5.69 Å². The quantitative estimate of drug-likeness (QED) is 0.419. The van der Waals surface area contributed by atoms with Crippen molar-refractivity contribution in [3.05, 3.63) is 51.8 Å². The first-order valence-corrected chi connectivity index (χ1v) is 10.3. The smallest absolute Gasteiger partial charge is 0.327 e. The van der Waals surface area contributed by atoms with E-state index in [0.29, 0.717) is 24.8 Å². The highest BCUT2D eigenvalue weighted by atomic mass is 32.2. The molecule has 2 aromatic rings. The van der Waals surface area contributed by atoms with E-state index in [4.69, 9.17) is 4.74 Å². The molecule has 1 heterocycles. The minimum atomic E-state index is -3.96. The Hall–Kier alpha value is -2.79. The number of nitrogens with one attached hydrogen (secondary N) is 1. The lowest BCUT2D eigenvalue weighted by Gasteiger charge is -2.24. The molecule has 0 amide bonds. The highest BCUT2D eigenvalue weighted by molar-refractivity contribution is 7.89. The Balaban J connectivity index is 1.83. The maximum atomic E-state index is 12.7. The number of carbonyl (C=O) groups excluding carboxylic acids is 1. The van der Waals surface area contributed by atoms with Gasteiger partial charge in [0, 0.05) is 23.4 Å². The van der Waals surface area contributed by atoms with Gasteiger partial charge in [-0.2, -0.15) is 5.10 Å². The second kappa shape index (κ2) is 8.07. The van der Waals surface area contributed by atoms with E-state index in [2.05, 4.69) is 9.82 Å². The number of nitro benzene ring substituents is 1. The van der Waals surface area contributed by atoms with Gasteiger partial charge in [0.25, 0.3) is 5.69 Å². The lowest BCUT2D eigenvalue weighted by molar-refractivity contribution is -0.385. The second-order valence-electron chi connectivity index (χ2n) is 6.33. The third-order valence-electron chi connectivity index (χ3n) is 4.48. The first-order valence-electron chi connectivity index (χ1n) is 8.79. The van der Waals surface area contributed by atoms with Crippen molar-refractivity contribution in [3.63, 3.8) is 0 Å². The van der Waals surface area contributed by atoms with Crippen molar-refractivity contribution in [2.75, 3.05) is 6.61 Å². The molecule has 3 rings (SSSR count). The molecule has 1 aliphatic rings. The molecular formula is C17H20N4O6S. The summed E-state index contributed by atoms with van der Waals surface area (Å²) < 4.78 is 34.5. The summed E-state index contributed by atoms with van der Waals surface area (Å²) in [6.07, 6.45) is 3.49. The van der Waals surface area contributed by atoms with Gasteiger partial charge >= 0.3 is 5.97 Å². The molecule has 1 aromatic heterocycles. The number of nitrogens with zero attached hydrogens (tertiary/aromatic N) is 3. The van der Waals surface area contributed by atoms with Crippen molar-refractivity contribution in [2.45, 2.75) is 43.7 Å². The summed E-state index contributed by atoms with van der Waals surface area (Å²) in [5.41, 5.74) is 1.19. The SMILES string of the molecule is CCOC(=O)Cn1ncc2c1CCCC2NS(=O)(=O)c1cccc([N+](=O)[O-])c1. The van der Waals surface area contributed by atoms with Crippen LogP contribution in [-0.2, 0) is 32.5 Å². The molecule has 0 bridgehead atoms. The maximum Gasteiger partial charge on any atom is 0.327 e. The first kappa shape index (κ1) is 20.0. The second-order valence-corrected chi connectivity index (χ2v) is 8.04.